The van der Waals surface area contributed by atoms with E-state index in [4.69, 9.17) is 4.74 Å². The Kier molecular flexibility index (Phi) is 6.12. The van der Waals surface area contributed by atoms with Gasteiger partial charge in [-0.05, 0) is 53.9 Å². The molecule has 138 valence electrons. The Morgan fingerprint density at radius 2 is 1.71 bits per heavy atom. The lowest BCUT2D eigenvalue weighted by Gasteiger charge is -2.31. The van der Waals surface area contributed by atoms with E-state index in [1.807, 2.05) is 25.7 Å². The van der Waals surface area contributed by atoms with Crippen LogP contribution < -0.4 is 0 Å². The van der Waals surface area contributed by atoms with Gasteiger partial charge in [0.05, 0.1) is 0 Å². The Balaban J connectivity index is 1.99. The highest BCUT2D eigenvalue weighted by molar-refractivity contribution is 5.86. The summed E-state index contributed by atoms with van der Waals surface area (Å²) in [7, 11) is 0. The van der Waals surface area contributed by atoms with Crippen LogP contribution in [0.4, 0.5) is 4.79 Å². The molecule has 1 atom stereocenters. The molecular weight excluding hydrogens is 306 g/mol. The first-order valence-electron chi connectivity index (χ1n) is 9.21. The van der Waals surface area contributed by atoms with Crippen molar-refractivity contribution in [1.82, 2.24) is 14.7 Å². The van der Waals surface area contributed by atoms with Crippen LogP contribution in [-0.4, -0.2) is 77.1 Å². The molecule has 2 aliphatic heterocycles. The van der Waals surface area contributed by atoms with Crippen LogP contribution in [0.15, 0.2) is 0 Å². The summed E-state index contributed by atoms with van der Waals surface area (Å²) in [6.07, 6.45) is 2.23. The summed E-state index contributed by atoms with van der Waals surface area (Å²) in [5, 5.41) is 0. The zero-order valence-electron chi connectivity index (χ0n) is 15.9. The molecule has 2 rings (SSSR count). The van der Waals surface area contributed by atoms with Gasteiger partial charge in [0.25, 0.3) is 0 Å². The maximum Gasteiger partial charge on any atom is 0.410 e. The van der Waals surface area contributed by atoms with Crippen molar-refractivity contribution in [2.75, 3.05) is 32.7 Å². The fourth-order valence-electron chi connectivity index (χ4n) is 3.45. The first-order chi connectivity index (χ1) is 11.2. The molecule has 0 aromatic heterocycles. The van der Waals surface area contributed by atoms with Crippen LogP contribution in [0.3, 0.4) is 0 Å². The molecule has 1 unspecified atom stereocenters. The molecule has 6 nitrogen and oxygen atoms in total. The van der Waals surface area contributed by atoms with Crippen LogP contribution in [0.5, 0.6) is 0 Å². The van der Waals surface area contributed by atoms with E-state index in [2.05, 4.69) is 18.7 Å². The third-order valence-corrected chi connectivity index (χ3v) is 4.74. The van der Waals surface area contributed by atoms with Gasteiger partial charge in [0.15, 0.2) is 0 Å². The molecule has 2 heterocycles. The van der Waals surface area contributed by atoms with E-state index < -0.39 is 5.60 Å². The Bertz CT molecular complexity index is 459. The lowest BCUT2D eigenvalue weighted by Crippen LogP contribution is -2.50. The number of hydrogen-bond acceptors (Lipinski definition) is 4. The first kappa shape index (κ1) is 19.0. The van der Waals surface area contributed by atoms with Crippen molar-refractivity contribution in [2.45, 2.75) is 71.6 Å². The second-order valence-corrected chi connectivity index (χ2v) is 8.14. The van der Waals surface area contributed by atoms with Gasteiger partial charge >= 0.3 is 6.09 Å². The molecule has 0 spiro atoms. The average molecular weight is 339 g/mol. The number of ether oxygens (including phenoxy) is 1. The van der Waals surface area contributed by atoms with Gasteiger partial charge < -0.3 is 9.64 Å². The normalized spacial score (nSPS) is 23.5. The molecule has 2 saturated heterocycles. The highest BCUT2D eigenvalue weighted by atomic mass is 16.6. The van der Waals surface area contributed by atoms with Crippen molar-refractivity contribution in [1.29, 1.82) is 0 Å². The van der Waals surface area contributed by atoms with Gasteiger partial charge in [-0.1, -0.05) is 0 Å². The summed E-state index contributed by atoms with van der Waals surface area (Å²) in [5.41, 5.74) is -0.534. The third-order valence-electron chi connectivity index (χ3n) is 4.74. The predicted molar refractivity (Wildman–Crippen MR) is 93.9 cm³/mol. The van der Waals surface area contributed by atoms with E-state index in [9.17, 15) is 9.59 Å². The predicted octanol–water partition coefficient (Wildman–Crippen LogP) is 2.33. The minimum absolute atomic E-state index is 0.0870. The second kappa shape index (κ2) is 7.72. The Labute approximate surface area is 146 Å². The quantitative estimate of drug-likeness (QED) is 0.775. The van der Waals surface area contributed by atoms with Crippen LogP contribution in [0, 0.1) is 0 Å². The van der Waals surface area contributed by atoms with Crippen molar-refractivity contribution < 1.29 is 14.3 Å². The topological polar surface area (TPSA) is 53.1 Å². The number of rotatable bonds is 2. The second-order valence-electron chi connectivity index (χ2n) is 8.14. The Morgan fingerprint density at radius 3 is 2.33 bits per heavy atom. The lowest BCUT2D eigenvalue weighted by atomic mass is 10.2. The van der Waals surface area contributed by atoms with Gasteiger partial charge in [0.2, 0.25) is 5.91 Å². The number of likely N-dealkylation sites (tertiary alicyclic amines) is 1. The van der Waals surface area contributed by atoms with Crippen molar-refractivity contribution in [3.63, 3.8) is 0 Å². The van der Waals surface area contributed by atoms with E-state index in [0.717, 1.165) is 45.4 Å². The summed E-state index contributed by atoms with van der Waals surface area (Å²) in [6, 6.07) is 0.148. The first-order valence-corrected chi connectivity index (χ1v) is 9.21. The van der Waals surface area contributed by atoms with E-state index in [-0.39, 0.29) is 18.0 Å². The molecule has 0 aliphatic carbocycles. The fourth-order valence-corrected chi connectivity index (χ4v) is 3.45. The molecule has 2 aliphatic rings. The summed E-state index contributed by atoms with van der Waals surface area (Å²) in [4.78, 5) is 31.3. The van der Waals surface area contributed by atoms with Gasteiger partial charge in [-0.2, -0.15) is 0 Å². The zero-order chi connectivity index (χ0) is 17.9. The van der Waals surface area contributed by atoms with E-state index in [1.165, 1.54) is 0 Å². The van der Waals surface area contributed by atoms with Gasteiger partial charge in [-0.3, -0.25) is 14.6 Å². The maximum atomic E-state index is 13.0. The molecule has 24 heavy (non-hydrogen) atoms. The van der Waals surface area contributed by atoms with Crippen LogP contribution in [-0.2, 0) is 9.53 Å². The molecule has 2 fully saturated rings. The number of amides is 2. The molecule has 0 aromatic rings. The number of carbonyl (C=O) groups excluding carboxylic acids is 2. The van der Waals surface area contributed by atoms with Crippen molar-refractivity contribution in [2.24, 2.45) is 0 Å². The van der Waals surface area contributed by atoms with E-state index in [0.29, 0.717) is 12.6 Å². The van der Waals surface area contributed by atoms with Gasteiger partial charge in [-0.25, -0.2) is 4.79 Å². The maximum absolute atomic E-state index is 13.0. The van der Waals surface area contributed by atoms with Crippen molar-refractivity contribution >= 4 is 12.0 Å². The highest BCUT2D eigenvalue weighted by Gasteiger charge is 2.38. The van der Waals surface area contributed by atoms with Gasteiger partial charge in [0, 0.05) is 38.8 Å². The monoisotopic (exact) mass is 339 g/mol. The largest absolute Gasteiger partial charge is 0.444 e. The fraction of sp³-hybridized carbons (Fsp3) is 0.889. The lowest BCUT2D eigenvalue weighted by molar-refractivity contribution is -0.135. The molecule has 2 amide bonds. The summed E-state index contributed by atoms with van der Waals surface area (Å²) < 4.78 is 5.47. The van der Waals surface area contributed by atoms with E-state index >= 15 is 0 Å². The molecule has 0 bridgehead atoms. The van der Waals surface area contributed by atoms with Crippen molar-refractivity contribution in [3.8, 4) is 0 Å². The number of carbonyl (C=O) groups is 2. The number of hydrogen-bond donors (Lipinski definition) is 0. The SMILES string of the molecule is CC(C)N1CCCN(C(=O)C2CCCN2C(=O)OC(C)(C)C)CC1. The van der Waals surface area contributed by atoms with Gasteiger partial charge in [0.1, 0.15) is 11.6 Å². The molecule has 0 aromatic carbocycles. The zero-order valence-corrected chi connectivity index (χ0v) is 15.9. The third kappa shape index (κ3) is 4.85. The minimum atomic E-state index is -0.534. The molecule has 0 N–H and O–H groups in total. The van der Waals surface area contributed by atoms with Crippen LogP contribution in [0.25, 0.3) is 0 Å². The molecule has 0 radical (unpaired) electrons. The standard InChI is InChI=1S/C18H33N3O3/c1-14(2)19-9-7-10-20(13-12-19)16(22)15-8-6-11-21(15)17(23)24-18(3,4)5/h14-15H,6-13H2,1-5H3. The summed E-state index contributed by atoms with van der Waals surface area (Å²) in [5.74, 6) is 0.0870. The Morgan fingerprint density at radius 1 is 1.00 bits per heavy atom. The molecule has 6 heteroatoms. The van der Waals surface area contributed by atoms with Crippen LogP contribution in [0.1, 0.15) is 53.9 Å². The summed E-state index contributed by atoms with van der Waals surface area (Å²) >= 11 is 0. The van der Waals surface area contributed by atoms with Crippen molar-refractivity contribution in [3.05, 3.63) is 0 Å². The summed E-state index contributed by atoms with van der Waals surface area (Å²) in [6.45, 7) is 14.0. The average Bonchev–Trinajstić information content (AvgIpc) is 2.82. The van der Waals surface area contributed by atoms with E-state index in [1.54, 1.807) is 4.90 Å². The van der Waals surface area contributed by atoms with Crippen LogP contribution >= 0.6 is 0 Å². The molecular formula is C18H33N3O3. The van der Waals surface area contributed by atoms with Crippen LogP contribution in [0.2, 0.25) is 0 Å². The van der Waals surface area contributed by atoms with Gasteiger partial charge in [-0.15, -0.1) is 0 Å². The smallest absolute Gasteiger partial charge is 0.410 e. The number of nitrogens with zero attached hydrogens (tertiary/aromatic N) is 3. The highest BCUT2D eigenvalue weighted by Crippen LogP contribution is 2.23. The molecule has 0 saturated carbocycles. The Hall–Kier alpha value is -1.30. The minimum Gasteiger partial charge on any atom is -0.444 e.